The molecule has 0 saturated heterocycles. The summed E-state index contributed by atoms with van der Waals surface area (Å²) in [6.45, 7) is 2.93. The summed E-state index contributed by atoms with van der Waals surface area (Å²) < 4.78 is 21.5. The fraction of sp³-hybridized carbons (Fsp3) is 0.333. The van der Waals surface area contributed by atoms with Crippen LogP contribution in [0.3, 0.4) is 0 Å². The van der Waals surface area contributed by atoms with E-state index in [2.05, 4.69) is 12.1 Å². The van der Waals surface area contributed by atoms with Crippen LogP contribution in [0.4, 0.5) is 0 Å². The van der Waals surface area contributed by atoms with Gasteiger partial charge in [0, 0.05) is 13.5 Å². The minimum absolute atomic E-state index is 0.0262. The Labute approximate surface area is 175 Å². The second-order valence-corrected chi connectivity index (χ2v) is 6.98. The maximum atomic E-state index is 11.5. The average Bonchev–Trinajstić information content (AvgIpc) is 2.74. The van der Waals surface area contributed by atoms with Crippen molar-refractivity contribution in [3.63, 3.8) is 0 Å². The number of benzene rings is 3. The normalized spacial score (nSPS) is 10.9. The third-order valence-corrected chi connectivity index (χ3v) is 4.59. The summed E-state index contributed by atoms with van der Waals surface area (Å²) in [6.07, 6.45) is 0.316. The summed E-state index contributed by atoms with van der Waals surface area (Å²) in [4.78, 5) is 22.4. The first-order chi connectivity index (χ1) is 14.5. The van der Waals surface area contributed by atoms with Crippen LogP contribution in [0.15, 0.2) is 48.5 Å². The zero-order chi connectivity index (χ0) is 21.3. The zero-order valence-electron chi connectivity index (χ0n) is 17.3. The Balaban J connectivity index is 1.60. The molecule has 0 heterocycles. The van der Waals surface area contributed by atoms with E-state index >= 15 is 0 Å². The molecule has 0 aliphatic carbocycles. The van der Waals surface area contributed by atoms with Gasteiger partial charge in [-0.15, -0.1) is 0 Å². The molecule has 0 aliphatic rings. The van der Waals surface area contributed by atoms with Gasteiger partial charge in [-0.05, 0) is 64.9 Å². The number of Topliss-reactive ketones (excluding diaryl/α,β-unsaturated/α-hetero) is 1. The first kappa shape index (κ1) is 21.6. The van der Waals surface area contributed by atoms with Gasteiger partial charge in [0.2, 0.25) is 0 Å². The van der Waals surface area contributed by atoms with Gasteiger partial charge in [0.05, 0.1) is 13.0 Å². The molecule has 6 nitrogen and oxygen atoms in total. The molecule has 158 valence electrons. The summed E-state index contributed by atoms with van der Waals surface area (Å²) in [7, 11) is 1.65. The highest BCUT2D eigenvalue weighted by Gasteiger charge is 2.06. The molecule has 30 heavy (non-hydrogen) atoms. The summed E-state index contributed by atoms with van der Waals surface area (Å²) >= 11 is 0. The third-order valence-electron chi connectivity index (χ3n) is 4.59. The van der Waals surface area contributed by atoms with Gasteiger partial charge >= 0.3 is 5.97 Å². The van der Waals surface area contributed by atoms with Crippen LogP contribution < -0.4 is 9.47 Å². The molecule has 6 heteroatoms. The van der Waals surface area contributed by atoms with E-state index in [-0.39, 0.29) is 37.8 Å². The van der Waals surface area contributed by atoms with E-state index < -0.39 is 0 Å². The standard InChI is InChI=1S/C24H26O6/c1-17(25)3-8-24(26)30-12-11-29-23-7-5-19-13-20-15-22(28-10-9-27-2)6-4-18(20)14-21(19)16-23/h4-7,13-16H,3,8-12H2,1-2H3. The van der Waals surface area contributed by atoms with Crippen molar-refractivity contribution >= 4 is 33.3 Å². The van der Waals surface area contributed by atoms with Crippen LogP contribution in [0.25, 0.3) is 21.5 Å². The van der Waals surface area contributed by atoms with E-state index in [0.29, 0.717) is 19.0 Å². The Morgan fingerprint density at radius 1 is 0.700 bits per heavy atom. The van der Waals surface area contributed by atoms with Crippen molar-refractivity contribution in [2.45, 2.75) is 19.8 Å². The molecule has 0 amide bonds. The second-order valence-electron chi connectivity index (χ2n) is 6.98. The number of hydrogen-bond donors (Lipinski definition) is 0. The van der Waals surface area contributed by atoms with Crippen molar-refractivity contribution in [3.8, 4) is 11.5 Å². The molecular formula is C24H26O6. The molecule has 0 aliphatic heterocycles. The zero-order valence-corrected chi connectivity index (χ0v) is 17.3. The van der Waals surface area contributed by atoms with Gasteiger partial charge in [-0.1, -0.05) is 12.1 Å². The van der Waals surface area contributed by atoms with Crippen LogP contribution >= 0.6 is 0 Å². The van der Waals surface area contributed by atoms with Crippen LogP contribution in [0, 0.1) is 0 Å². The minimum Gasteiger partial charge on any atom is -0.491 e. The Kier molecular flexibility index (Phi) is 7.63. The lowest BCUT2D eigenvalue weighted by atomic mass is 10.0. The first-order valence-corrected chi connectivity index (χ1v) is 9.92. The monoisotopic (exact) mass is 410 g/mol. The molecule has 0 aromatic heterocycles. The number of methoxy groups -OCH3 is 1. The molecule has 0 atom stereocenters. The molecule has 0 fully saturated rings. The Bertz CT molecular complexity index is 1030. The van der Waals surface area contributed by atoms with Crippen LogP contribution in [0.5, 0.6) is 11.5 Å². The van der Waals surface area contributed by atoms with Gasteiger partial charge in [-0.25, -0.2) is 0 Å². The number of carbonyl (C=O) groups is 2. The molecule has 3 rings (SSSR count). The van der Waals surface area contributed by atoms with E-state index in [1.165, 1.54) is 6.92 Å². The predicted octanol–water partition coefficient (Wildman–Crippen LogP) is 4.31. The van der Waals surface area contributed by atoms with Crippen molar-refractivity contribution < 1.29 is 28.5 Å². The number of ketones is 1. The first-order valence-electron chi connectivity index (χ1n) is 9.92. The topological polar surface area (TPSA) is 71.1 Å². The smallest absolute Gasteiger partial charge is 0.306 e. The van der Waals surface area contributed by atoms with E-state index in [1.807, 2.05) is 36.4 Å². The second kappa shape index (κ2) is 10.6. The van der Waals surface area contributed by atoms with Crippen molar-refractivity contribution in [3.05, 3.63) is 48.5 Å². The Morgan fingerprint density at radius 3 is 1.80 bits per heavy atom. The molecule has 3 aromatic carbocycles. The number of fused-ring (bicyclic) bond motifs is 2. The van der Waals surface area contributed by atoms with Gasteiger partial charge in [-0.3, -0.25) is 4.79 Å². The Morgan fingerprint density at radius 2 is 1.27 bits per heavy atom. The quantitative estimate of drug-likeness (QED) is 0.267. The molecule has 0 unspecified atom stereocenters. The fourth-order valence-corrected chi connectivity index (χ4v) is 3.04. The van der Waals surface area contributed by atoms with Gasteiger partial charge < -0.3 is 23.7 Å². The molecule has 0 N–H and O–H groups in total. The van der Waals surface area contributed by atoms with E-state index in [0.717, 1.165) is 27.3 Å². The number of hydrogen-bond acceptors (Lipinski definition) is 6. The minimum atomic E-state index is -0.385. The third kappa shape index (κ3) is 6.19. The molecule has 0 radical (unpaired) electrons. The van der Waals surface area contributed by atoms with Gasteiger partial charge in [-0.2, -0.15) is 0 Å². The average molecular weight is 410 g/mol. The van der Waals surface area contributed by atoms with Crippen LogP contribution in [-0.4, -0.2) is 45.3 Å². The molecule has 0 bridgehead atoms. The molecular weight excluding hydrogens is 384 g/mol. The van der Waals surface area contributed by atoms with Crippen LogP contribution in [0.1, 0.15) is 19.8 Å². The van der Waals surface area contributed by atoms with E-state index in [1.54, 1.807) is 7.11 Å². The maximum Gasteiger partial charge on any atom is 0.306 e. The molecule has 0 spiro atoms. The highest BCUT2D eigenvalue weighted by Crippen LogP contribution is 2.28. The fourth-order valence-electron chi connectivity index (χ4n) is 3.04. The number of carbonyl (C=O) groups excluding carboxylic acids is 2. The van der Waals surface area contributed by atoms with Crippen LogP contribution in [-0.2, 0) is 19.1 Å². The molecule has 3 aromatic rings. The lowest BCUT2D eigenvalue weighted by Gasteiger charge is -2.10. The predicted molar refractivity (Wildman–Crippen MR) is 115 cm³/mol. The van der Waals surface area contributed by atoms with Crippen LogP contribution in [0.2, 0.25) is 0 Å². The van der Waals surface area contributed by atoms with Crippen molar-refractivity contribution in [2.24, 2.45) is 0 Å². The van der Waals surface area contributed by atoms with E-state index in [9.17, 15) is 9.59 Å². The number of esters is 1. The number of ether oxygens (including phenoxy) is 4. The van der Waals surface area contributed by atoms with Crippen molar-refractivity contribution in [1.29, 1.82) is 0 Å². The van der Waals surface area contributed by atoms with E-state index in [4.69, 9.17) is 18.9 Å². The lowest BCUT2D eigenvalue weighted by Crippen LogP contribution is -2.12. The maximum absolute atomic E-state index is 11.5. The van der Waals surface area contributed by atoms with Crippen molar-refractivity contribution in [1.82, 2.24) is 0 Å². The highest BCUT2D eigenvalue weighted by atomic mass is 16.6. The van der Waals surface area contributed by atoms with Gasteiger partial charge in [0.1, 0.15) is 37.1 Å². The molecule has 0 saturated carbocycles. The van der Waals surface area contributed by atoms with Gasteiger partial charge in [0.25, 0.3) is 0 Å². The lowest BCUT2D eigenvalue weighted by molar-refractivity contribution is -0.145. The summed E-state index contributed by atoms with van der Waals surface area (Å²) in [5, 5.41) is 4.37. The Hall–Kier alpha value is -3.12. The van der Waals surface area contributed by atoms with Gasteiger partial charge in [0.15, 0.2) is 0 Å². The summed E-state index contributed by atoms with van der Waals surface area (Å²) in [5.74, 6) is 1.11. The highest BCUT2D eigenvalue weighted by molar-refractivity contribution is 5.99. The summed E-state index contributed by atoms with van der Waals surface area (Å²) in [5.41, 5.74) is 0. The SMILES string of the molecule is COCCOc1ccc2cc3cc(OCCOC(=O)CCC(C)=O)ccc3cc2c1. The van der Waals surface area contributed by atoms with Crippen molar-refractivity contribution in [2.75, 3.05) is 33.5 Å². The summed E-state index contributed by atoms with van der Waals surface area (Å²) in [6, 6.07) is 16.1. The largest absolute Gasteiger partial charge is 0.491 e. The number of rotatable bonds is 11.